The van der Waals surface area contributed by atoms with Gasteiger partial charge in [-0.2, -0.15) is 0 Å². The number of ether oxygens (including phenoxy) is 1. The summed E-state index contributed by atoms with van der Waals surface area (Å²) in [5.41, 5.74) is 13.2. The molecule has 4 N–H and O–H groups in total. The highest BCUT2D eigenvalue weighted by Gasteiger charge is 2.23. The summed E-state index contributed by atoms with van der Waals surface area (Å²) in [6.45, 7) is 2.00. The van der Waals surface area contributed by atoms with Gasteiger partial charge >= 0.3 is 0 Å². The molecule has 20 heavy (non-hydrogen) atoms. The molecule has 3 heteroatoms. The summed E-state index contributed by atoms with van der Waals surface area (Å²) in [6.07, 6.45) is 2.56. The topological polar surface area (TPSA) is 61.3 Å². The Kier molecular flexibility index (Phi) is 5.30. The van der Waals surface area contributed by atoms with Gasteiger partial charge in [0.15, 0.2) is 0 Å². The van der Waals surface area contributed by atoms with Crippen LogP contribution in [0.1, 0.15) is 24.0 Å². The van der Waals surface area contributed by atoms with Crippen LogP contribution in [0, 0.1) is 0 Å². The van der Waals surface area contributed by atoms with Gasteiger partial charge in [-0.1, -0.05) is 60.7 Å². The van der Waals surface area contributed by atoms with Crippen molar-refractivity contribution in [3.8, 4) is 0 Å². The molecular weight excluding hydrogens is 248 g/mol. The molecule has 1 aliphatic heterocycles. The molecule has 0 spiro atoms. The van der Waals surface area contributed by atoms with Crippen LogP contribution >= 0.6 is 0 Å². The molecule has 0 bridgehead atoms. The van der Waals surface area contributed by atoms with Gasteiger partial charge in [-0.05, 0) is 24.0 Å². The van der Waals surface area contributed by atoms with Crippen molar-refractivity contribution in [2.45, 2.75) is 18.5 Å². The van der Waals surface area contributed by atoms with Crippen LogP contribution in [0.15, 0.2) is 60.7 Å². The highest BCUT2D eigenvalue weighted by molar-refractivity contribution is 5.35. The zero-order valence-electron chi connectivity index (χ0n) is 11.7. The summed E-state index contributed by atoms with van der Waals surface area (Å²) in [5, 5.41) is 0. The van der Waals surface area contributed by atoms with Crippen LogP contribution in [0.25, 0.3) is 0 Å². The Hall–Kier alpha value is -1.68. The van der Waals surface area contributed by atoms with Gasteiger partial charge in [0.25, 0.3) is 0 Å². The molecule has 2 aromatic carbocycles. The average Bonchev–Trinajstić information content (AvgIpc) is 3.09. The summed E-state index contributed by atoms with van der Waals surface area (Å²) in [5.74, 6) is 0. The second-order valence-corrected chi connectivity index (χ2v) is 4.92. The minimum absolute atomic E-state index is 0.913. The van der Waals surface area contributed by atoms with Gasteiger partial charge in [-0.25, -0.2) is 0 Å². The van der Waals surface area contributed by atoms with E-state index in [0.29, 0.717) is 0 Å². The lowest BCUT2D eigenvalue weighted by Crippen LogP contribution is -2.46. The van der Waals surface area contributed by atoms with Crippen LogP contribution in [-0.2, 0) is 10.4 Å². The van der Waals surface area contributed by atoms with Gasteiger partial charge in [-0.15, -0.1) is 0 Å². The van der Waals surface area contributed by atoms with Crippen molar-refractivity contribution in [2.75, 3.05) is 13.2 Å². The highest BCUT2D eigenvalue weighted by atomic mass is 16.5. The van der Waals surface area contributed by atoms with Gasteiger partial charge in [0, 0.05) is 13.2 Å². The Bertz CT molecular complexity index is 444. The fourth-order valence-electron chi connectivity index (χ4n) is 2.10. The van der Waals surface area contributed by atoms with Crippen LogP contribution in [0.4, 0.5) is 0 Å². The fourth-order valence-corrected chi connectivity index (χ4v) is 2.10. The number of hydrogen-bond acceptors (Lipinski definition) is 3. The number of hydrogen-bond donors (Lipinski definition) is 2. The van der Waals surface area contributed by atoms with Crippen LogP contribution in [-0.4, -0.2) is 13.2 Å². The molecule has 106 valence electrons. The molecule has 2 aromatic rings. The van der Waals surface area contributed by atoms with Gasteiger partial charge in [-0.3, -0.25) is 0 Å². The van der Waals surface area contributed by atoms with E-state index in [1.165, 1.54) is 12.8 Å². The van der Waals surface area contributed by atoms with Crippen LogP contribution in [0.5, 0.6) is 0 Å². The fraction of sp³-hybridized carbons (Fsp3) is 0.294. The predicted molar refractivity (Wildman–Crippen MR) is 82.1 cm³/mol. The van der Waals surface area contributed by atoms with Gasteiger partial charge in [0.2, 0.25) is 0 Å². The van der Waals surface area contributed by atoms with Crippen LogP contribution in [0.2, 0.25) is 0 Å². The average molecular weight is 270 g/mol. The van der Waals surface area contributed by atoms with E-state index in [4.69, 9.17) is 16.2 Å². The molecule has 3 rings (SSSR count). The van der Waals surface area contributed by atoms with Crippen molar-refractivity contribution >= 4 is 0 Å². The first-order valence-corrected chi connectivity index (χ1v) is 6.98. The third-order valence-corrected chi connectivity index (χ3v) is 3.33. The summed E-state index contributed by atoms with van der Waals surface area (Å²) in [4.78, 5) is 0. The maximum absolute atomic E-state index is 6.14. The third kappa shape index (κ3) is 3.90. The van der Waals surface area contributed by atoms with Crippen molar-refractivity contribution < 1.29 is 4.74 Å². The van der Waals surface area contributed by atoms with E-state index in [-0.39, 0.29) is 0 Å². The minimum atomic E-state index is -0.914. The van der Waals surface area contributed by atoms with Gasteiger partial charge < -0.3 is 16.2 Å². The molecule has 0 radical (unpaired) electrons. The molecule has 1 heterocycles. The smallest absolute Gasteiger partial charge is 0.116 e. The molecule has 0 amide bonds. The zero-order valence-corrected chi connectivity index (χ0v) is 11.7. The Morgan fingerprint density at radius 1 is 0.700 bits per heavy atom. The van der Waals surface area contributed by atoms with Crippen molar-refractivity contribution in [3.63, 3.8) is 0 Å². The molecule has 3 nitrogen and oxygen atoms in total. The first kappa shape index (κ1) is 14.7. The van der Waals surface area contributed by atoms with Gasteiger partial charge in [0.05, 0.1) is 0 Å². The van der Waals surface area contributed by atoms with E-state index < -0.39 is 5.66 Å². The van der Waals surface area contributed by atoms with E-state index in [2.05, 4.69) is 0 Å². The number of benzene rings is 2. The monoisotopic (exact) mass is 270 g/mol. The van der Waals surface area contributed by atoms with Gasteiger partial charge in [0.1, 0.15) is 5.66 Å². The zero-order chi connectivity index (χ0) is 14.3. The predicted octanol–water partition coefficient (Wildman–Crippen LogP) is 2.60. The van der Waals surface area contributed by atoms with Crippen molar-refractivity contribution in [1.82, 2.24) is 0 Å². The number of nitrogens with two attached hydrogens (primary N) is 2. The molecule has 1 saturated heterocycles. The van der Waals surface area contributed by atoms with Crippen molar-refractivity contribution in [1.29, 1.82) is 0 Å². The Labute approximate surface area is 120 Å². The van der Waals surface area contributed by atoms with E-state index in [1.807, 2.05) is 60.7 Å². The summed E-state index contributed by atoms with van der Waals surface area (Å²) in [6, 6.07) is 19.4. The second-order valence-electron chi connectivity index (χ2n) is 4.92. The maximum Gasteiger partial charge on any atom is 0.116 e. The highest BCUT2D eigenvalue weighted by Crippen LogP contribution is 2.20. The Morgan fingerprint density at radius 3 is 1.40 bits per heavy atom. The van der Waals surface area contributed by atoms with E-state index in [1.54, 1.807) is 0 Å². The molecule has 0 atom stereocenters. The molecule has 0 saturated carbocycles. The molecule has 0 unspecified atom stereocenters. The Balaban J connectivity index is 0.000000247. The normalized spacial score (nSPS) is 14.5. The lowest BCUT2D eigenvalue weighted by atomic mass is 9.93. The quantitative estimate of drug-likeness (QED) is 0.825. The van der Waals surface area contributed by atoms with Crippen molar-refractivity contribution in [2.24, 2.45) is 11.5 Å². The molecule has 0 aliphatic carbocycles. The third-order valence-electron chi connectivity index (χ3n) is 3.33. The minimum Gasteiger partial charge on any atom is -0.381 e. The standard InChI is InChI=1S/C13H14N2.C4H8O/c14-13(15,11-7-3-1-4-8-11)12-9-5-2-6-10-12;1-2-4-5-3-1/h1-10H,14-15H2;1-4H2. The number of rotatable bonds is 2. The summed E-state index contributed by atoms with van der Waals surface area (Å²) < 4.78 is 4.94. The molecular formula is C17H22N2O. The Morgan fingerprint density at radius 2 is 1.10 bits per heavy atom. The lowest BCUT2D eigenvalue weighted by Gasteiger charge is -2.25. The maximum atomic E-state index is 6.14. The first-order chi connectivity index (χ1) is 9.71. The van der Waals surface area contributed by atoms with E-state index in [0.717, 1.165) is 24.3 Å². The van der Waals surface area contributed by atoms with Crippen molar-refractivity contribution in [3.05, 3.63) is 71.8 Å². The SMILES string of the molecule is C1CCOC1.NC(N)(c1ccccc1)c1ccccc1. The van der Waals surface area contributed by atoms with E-state index >= 15 is 0 Å². The molecule has 1 aliphatic rings. The van der Waals surface area contributed by atoms with E-state index in [9.17, 15) is 0 Å². The lowest BCUT2D eigenvalue weighted by molar-refractivity contribution is 0.198. The molecule has 1 fully saturated rings. The van der Waals surface area contributed by atoms with Crippen LogP contribution < -0.4 is 11.5 Å². The van der Waals surface area contributed by atoms with Crippen LogP contribution in [0.3, 0.4) is 0 Å². The largest absolute Gasteiger partial charge is 0.381 e. The first-order valence-electron chi connectivity index (χ1n) is 6.98. The second kappa shape index (κ2) is 7.20. The molecule has 0 aromatic heterocycles. The summed E-state index contributed by atoms with van der Waals surface area (Å²) in [7, 11) is 0. The summed E-state index contributed by atoms with van der Waals surface area (Å²) >= 11 is 0.